The lowest BCUT2D eigenvalue weighted by Crippen LogP contribution is -2.25. The second-order valence-electron chi connectivity index (χ2n) is 4.87. The normalized spacial score (nSPS) is 14.0. The molecule has 0 aliphatic carbocycles. The third-order valence-electron chi connectivity index (χ3n) is 3.28. The largest absolute Gasteiger partial charge is 0.387 e. The van der Waals surface area contributed by atoms with Crippen molar-refractivity contribution >= 4 is 15.9 Å². The van der Waals surface area contributed by atoms with Gasteiger partial charge in [0.25, 0.3) is 0 Å². The standard InChI is InChI=1S/C16H16BrF2NO/c1-10(11-3-2-4-12(17)7-11)20-9-16(21)14-8-13(18)5-6-15(14)19/h2-8,10,16,20-21H,9H2,1H3/t10-,16?/m1/s1. The van der Waals surface area contributed by atoms with Crippen LogP contribution in [0.4, 0.5) is 8.78 Å². The summed E-state index contributed by atoms with van der Waals surface area (Å²) >= 11 is 3.40. The van der Waals surface area contributed by atoms with Crippen LogP contribution in [0, 0.1) is 11.6 Å². The first-order chi connectivity index (χ1) is 9.97. The number of hydrogen-bond acceptors (Lipinski definition) is 2. The van der Waals surface area contributed by atoms with E-state index in [9.17, 15) is 13.9 Å². The predicted octanol–water partition coefficient (Wildman–Crippen LogP) is 4.11. The lowest BCUT2D eigenvalue weighted by atomic mass is 10.1. The topological polar surface area (TPSA) is 32.3 Å². The lowest BCUT2D eigenvalue weighted by molar-refractivity contribution is 0.166. The molecule has 5 heteroatoms. The summed E-state index contributed by atoms with van der Waals surface area (Å²) in [4.78, 5) is 0. The fourth-order valence-corrected chi connectivity index (χ4v) is 2.48. The number of rotatable bonds is 5. The Labute approximate surface area is 130 Å². The molecule has 21 heavy (non-hydrogen) atoms. The maximum absolute atomic E-state index is 13.6. The van der Waals surface area contributed by atoms with E-state index in [0.717, 1.165) is 28.2 Å². The Balaban J connectivity index is 2.00. The molecule has 2 N–H and O–H groups in total. The SMILES string of the molecule is C[C@@H](NCC(O)c1cc(F)ccc1F)c1cccc(Br)c1. The molecule has 2 aromatic rings. The Morgan fingerprint density at radius 2 is 1.95 bits per heavy atom. The molecular formula is C16H16BrF2NO. The van der Waals surface area contributed by atoms with Crippen molar-refractivity contribution in [3.63, 3.8) is 0 Å². The van der Waals surface area contributed by atoms with Gasteiger partial charge in [0.15, 0.2) is 0 Å². The van der Waals surface area contributed by atoms with Crippen LogP contribution >= 0.6 is 15.9 Å². The molecule has 1 unspecified atom stereocenters. The first kappa shape index (κ1) is 16.1. The van der Waals surface area contributed by atoms with Crippen molar-refractivity contribution in [1.29, 1.82) is 0 Å². The van der Waals surface area contributed by atoms with Crippen LogP contribution in [0.2, 0.25) is 0 Å². The molecule has 0 bridgehead atoms. The Morgan fingerprint density at radius 3 is 2.67 bits per heavy atom. The first-order valence-electron chi connectivity index (χ1n) is 6.59. The Hall–Kier alpha value is -1.30. The van der Waals surface area contributed by atoms with Crippen molar-refractivity contribution in [3.8, 4) is 0 Å². The van der Waals surface area contributed by atoms with E-state index in [1.54, 1.807) is 0 Å². The van der Waals surface area contributed by atoms with Crippen LogP contribution in [-0.4, -0.2) is 11.7 Å². The zero-order valence-electron chi connectivity index (χ0n) is 11.5. The van der Waals surface area contributed by atoms with E-state index in [1.165, 1.54) is 0 Å². The van der Waals surface area contributed by atoms with Crippen molar-refractivity contribution < 1.29 is 13.9 Å². The van der Waals surface area contributed by atoms with E-state index in [2.05, 4.69) is 21.2 Å². The average Bonchev–Trinajstić information content (AvgIpc) is 2.47. The Kier molecular flexibility index (Phi) is 5.45. The molecule has 0 amide bonds. The van der Waals surface area contributed by atoms with Crippen molar-refractivity contribution in [2.45, 2.75) is 19.1 Å². The fraction of sp³-hybridized carbons (Fsp3) is 0.250. The van der Waals surface area contributed by atoms with Gasteiger partial charge in [-0.2, -0.15) is 0 Å². The number of benzene rings is 2. The molecule has 0 saturated heterocycles. The second kappa shape index (κ2) is 7.11. The zero-order chi connectivity index (χ0) is 15.4. The summed E-state index contributed by atoms with van der Waals surface area (Å²) in [5, 5.41) is 13.1. The minimum atomic E-state index is -1.10. The van der Waals surface area contributed by atoms with Gasteiger partial charge in [-0.15, -0.1) is 0 Å². The Morgan fingerprint density at radius 1 is 1.19 bits per heavy atom. The molecule has 0 heterocycles. The maximum atomic E-state index is 13.6. The summed E-state index contributed by atoms with van der Waals surface area (Å²) in [5.74, 6) is -1.17. The summed E-state index contributed by atoms with van der Waals surface area (Å²) in [5.41, 5.74) is 1.00. The highest BCUT2D eigenvalue weighted by molar-refractivity contribution is 9.10. The van der Waals surface area contributed by atoms with E-state index in [-0.39, 0.29) is 18.2 Å². The summed E-state index contributed by atoms with van der Waals surface area (Å²) < 4.78 is 27.6. The molecule has 0 aromatic heterocycles. The van der Waals surface area contributed by atoms with Gasteiger partial charge in [-0.05, 0) is 42.8 Å². The van der Waals surface area contributed by atoms with Gasteiger partial charge in [-0.1, -0.05) is 28.1 Å². The number of halogens is 3. The van der Waals surface area contributed by atoms with Crippen molar-refractivity contribution in [2.24, 2.45) is 0 Å². The number of hydrogen-bond donors (Lipinski definition) is 2. The van der Waals surface area contributed by atoms with Crippen molar-refractivity contribution in [3.05, 3.63) is 69.7 Å². The summed E-state index contributed by atoms with van der Waals surface area (Å²) in [6.45, 7) is 2.07. The van der Waals surface area contributed by atoms with Crippen LogP contribution in [0.5, 0.6) is 0 Å². The highest BCUT2D eigenvalue weighted by Gasteiger charge is 2.15. The quantitative estimate of drug-likeness (QED) is 0.845. The number of aliphatic hydroxyl groups excluding tert-OH is 1. The molecule has 0 radical (unpaired) electrons. The fourth-order valence-electron chi connectivity index (χ4n) is 2.06. The van der Waals surface area contributed by atoms with E-state index < -0.39 is 17.7 Å². The highest BCUT2D eigenvalue weighted by Crippen LogP contribution is 2.21. The highest BCUT2D eigenvalue weighted by atomic mass is 79.9. The van der Waals surface area contributed by atoms with Crippen LogP contribution in [-0.2, 0) is 0 Å². The average molecular weight is 356 g/mol. The molecule has 2 nitrogen and oxygen atoms in total. The predicted molar refractivity (Wildman–Crippen MR) is 81.9 cm³/mol. The van der Waals surface area contributed by atoms with E-state index in [4.69, 9.17) is 0 Å². The van der Waals surface area contributed by atoms with Gasteiger partial charge in [0.05, 0.1) is 6.10 Å². The van der Waals surface area contributed by atoms with E-state index >= 15 is 0 Å². The van der Waals surface area contributed by atoms with Crippen molar-refractivity contribution in [1.82, 2.24) is 5.32 Å². The molecule has 0 spiro atoms. The molecule has 0 saturated carbocycles. The van der Waals surface area contributed by atoms with Gasteiger partial charge in [-0.3, -0.25) is 0 Å². The summed E-state index contributed by atoms with van der Waals surface area (Å²) in [7, 11) is 0. The van der Waals surface area contributed by atoms with Gasteiger partial charge in [-0.25, -0.2) is 8.78 Å². The van der Waals surface area contributed by atoms with Gasteiger partial charge >= 0.3 is 0 Å². The van der Waals surface area contributed by atoms with Gasteiger partial charge < -0.3 is 10.4 Å². The summed E-state index contributed by atoms with van der Waals surface area (Å²) in [6.07, 6.45) is -1.10. The van der Waals surface area contributed by atoms with Crippen LogP contribution in [0.1, 0.15) is 30.2 Å². The van der Waals surface area contributed by atoms with Crippen LogP contribution in [0.15, 0.2) is 46.9 Å². The molecule has 2 atom stereocenters. The molecule has 0 aliphatic heterocycles. The first-order valence-corrected chi connectivity index (χ1v) is 7.38. The van der Waals surface area contributed by atoms with Gasteiger partial charge in [0.1, 0.15) is 11.6 Å². The molecular weight excluding hydrogens is 340 g/mol. The zero-order valence-corrected chi connectivity index (χ0v) is 13.1. The van der Waals surface area contributed by atoms with E-state index in [0.29, 0.717) is 0 Å². The number of nitrogens with one attached hydrogen (secondary N) is 1. The van der Waals surface area contributed by atoms with Crippen molar-refractivity contribution in [2.75, 3.05) is 6.54 Å². The maximum Gasteiger partial charge on any atom is 0.129 e. The molecule has 2 aromatic carbocycles. The molecule has 0 fully saturated rings. The number of aliphatic hydroxyl groups is 1. The van der Waals surface area contributed by atoms with Crippen LogP contribution in [0.3, 0.4) is 0 Å². The third kappa shape index (κ3) is 4.33. The summed E-state index contributed by atoms with van der Waals surface area (Å²) in [6, 6.07) is 10.8. The molecule has 0 aliphatic rings. The van der Waals surface area contributed by atoms with E-state index in [1.807, 2.05) is 31.2 Å². The monoisotopic (exact) mass is 355 g/mol. The van der Waals surface area contributed by atoms with Gasteiger partial charge in [0.2, 0.25) is 0 Å². The Bertz CT molecular complexity index is 621. The lowest BCUT2D eigenvalue weighted by Gasteiger charge is -2.18. The second-order valence-corrected chi connectivity index (χ2v) is 5.78. The van der Waals surface area contributed by atoms with Crippen LogP contribution in [0.25, 0.3) is 0 Å². The smallest absolute Gasteiger partial charge is 0.129 e. The minimum Gasteiger partial charge on any atom is -0.387 e. The van der Waals surface area contributed by atoms with Gasteiger partial charge in [0, 0.05) is 22.6 Å². The minimum absolute atomic E-state index is 0.0197. The van der Waals surface area contributed by atoms with Crippen LogP contribution < -0.4 is 5.32 Å². The molecule has 112 valence electrons. The molecule has 2 rings (SSSR count). The third-order valence-corrected chi connectivity index (χ3v) is 3.78.